The van der Waals surface area contributed by atoms with E-state index in [0.29, 0.717) is 19.4 Å². The summed E-state index contributed by atoms with van der Waals surface area (Å²) in [6.07, 6.45) is 66.6. The molecular weight excluding hydrogens is 765 g/mol. The number of carbonyl (C=O) groups excluding carboxylic acids is 2. The number of hydrogen-bond acceptors (Lipinski definition) is 5. The van der Waals surface area contributed by atoms with Gasteiger partial charge in [-0.15, -0.1) is 0 Å². The average molecular weight is 867 g/mol. The van der Waals surface area contributed by atoms with Gasteiger partial charge in [0.1, 0.15) is 6.61 Å². The van der Waals surface area contributed by atoms with E-state index in [-0.39, 0.29) is 25.2 Å². The highest BCUT2D eigenvalue weighted by molar-refractivity contribution is 5.70. The first-order valence-electron chi connectivity index (χ1n) is 26.8. The quantitative estimate of drug-likeness (QED) is 0.0346. The molecule has 0 aromatic carbocycles. The highest BCUT2D eigenvalue weighted by Crippen LogP contribution is 2.15. The average Bonchev–Trinajstić information content (AvgIpc) is 3.27. The minimum atomic E-state index is -0.560. The molecule has 360 valence electrons. The normalized spacial score (nSPS) is 12.6. The van der Waals surface area contributed by atoms with Crippen LogP contribution >= 0.6 is 0 Å². The Labute approximate surface area is 385 Å². The Morgan fingerprint density at radius 1 is 0.355 bits per heavy atom. The second kappa shape index (κ2) is 52.9. The Balaban J connectivity index is 4.33. The van der Waals surface area contributed by atoms with Gasteiger partial charge < -0.3 is 14.2 Å². The molecule has 0 fully saturated rings. The summed E-state index contributed by atoms with van der Waals surface area (Å²) in [5.41, 5.74) is 0. The maximum Gasteiger partial charge on any atom is 0.306 e. The summed E-state index contributed by atoms with van der Waals surface area (Å²) >= 11 is 0. The van der Waals surface area contributed by atoms with E-state index < -0.39 is 6.10 Å². The summed E-state index contributed by atoms with van der Waals surface area (Å²) in [6, 6.07) is 0. The van der Waals surface area contributed by atoms with Crippen molar-refractivity contribution in [1.29, 1.82) is 0 Å². The van der Waals surface area contributed by atoms with E-state index in [1.807, 2.05) is 0 Å². The largest absolute Gasteiger partial charge is 0.462 e. The molecule has 0 aliphatic heterocycles. The first-order valence-corrected chi connectivity index (χ1v) is 26.8. The van der Waals surface area contributed by atoms with Gasteiger partial charge in [-0.25, -0.2) is 0 Å². The third kappa shape index (κ3) is 50.2. The minimum absolute atomic E-state index is 0.0555. The van der Waals surface area contributed by atoms with Crippen molar-refractivity contribution in [3.05, 3.63) is 60.8 Å². The number of ether oxygens (including phenoxy) is 3. The van der Waals surface area contributed by atoms with E-state index in [2.05, 4.69) is 81.5 Å². The van der Waals surface area contributed by atoms with Crippen LogP contribution in [0.25, 0.3) is 0 Å². The van der Waals surface area contributed by atoms with Crippen molar-refractivity contribution in [3.8, 4) is 0 Å². The van der Waals surface area contributed by atoms with Crippen molar-refractivity contribution < 1.29 is 23.8 Å². The zero-order valence-electron chi connectivity index (χ0n) is 41.4. The van der Waals surface area contributed by atoms with Gasteiger partial charge >= 0.3 is 11.9 Å². The predicted molar refractivity (Wildman–Crippen MR) is 270 cm³/mol. The van der Waals surface area contributed by atoms with E-state index in [1.54, 1.807) is 0 Å². The maximum absolute atomic E-state index is 12.8. The molecule has 0 bridgehead atoms. The van der Waals surface area contributed by atoms with Gasteiger partial charge in [0, 0.05) is 19.4 Å². The van der Waals surface area contributed by atoms with Gasteiger partial charge in [-0.2, -0.15) is 0 Å². The smallest absolute Gasteiger partial charge is 0.306 e. The molecule has 0 aromatic rings. The Bertz CT molecular complexity index is 1070. The van der Waals surface area contributed by atoms with Gasteiger partial charge in [-0.3, -0.25) is 9.59 Å². The molecule has 0 unspecified atom stereocenters. The molecule has 0 aliphatic rings. The van der Waals surface area contributed by atoms with Crippen LogP contribution in [0.3, 0.4) is 0 Å². The molecule has 0 saturated carbocycles. The highest BCUT2D eigenvalue weighted by Gasteiger charge is 2.17. The van der Waals surface area contributed by atoms with Gasteiger partial charge in [-0.1, -0.05) is 229 Å². The zero-order valence-corrected chi connectivity index (χ0v) is 41.4. The monoisotopic (exact) mass is 867 g/mol. The van der Waals surface area contributed by atoms with E-state index >= 15 is 0 Å². The second-order valence-corrected chi connectivity index (χ2v) is 17.8. The van der Waals surface area contributed by atoms with Gasteiger partial charge in [0.05, 0.1) is 6.61 Å². The van der Waals surface area contributed by atoms with Crippen molar-refractivity contribution in [3.63, 3.8) is 0 Å². The number of rotatable bonds is 49. The molecular formula is C57H102O5. The lowest BCUT2D eigenvalue weighted by molar-refractivity contribution is -0.163. The summed E-state index contributed by atoms with van der Waals surface area (Å²) in [5, 5.41) is 0. The van der Waals surface area contributed by atoms with Gasteiger partial charge in [0.15, 0.2) is 6.10 Å². The van der Waals surface area contributed by atoms with Crippen molar-refractivity contribution in [2.45, 2.75) is 271 Å². The molecule has 0 aromatic heterocycles. The van der Waals surface area contributed by atoms with Crippen LogP contribution in [-0.2, 0) is 23.8 Å². The van der Waals surface area contributed by atoms with Crippen LogP contribution in [0.1, 0.15) is 265 Å². The lowest BCUT2D eigenvalue weighted by Crippen LogP contribution is -2.30. The summed E-state index contributed by atoms with van der Waals surface area (Å²) < 4.78 is 17.4. The maximum atomic E-state index is 12.8. The third-order valence-corrected chi connectivity index (χ3v) is 11.5. The van der Waals surface area contributed by atoms with E-state index in [1.165, 1.54) is 161 Å². The van der Waals surface area contributed by atoms with Crippen molar-refractivity contribution >= 4 is 11.9 Å². The van der Waals surface area contributed by atoms with Crippen molar-refractivity contribution in [2.75, 3.05) is 19.8 Å². The van der Waals surface area contributed by atoms with Crippen LogP contribution in [0.15, 0.2) is 60.8 Å². The lowest BCUT2D eigenvalue weighted by atomic mass is 10.0. The number of hydrogen-bond donors (Lipinski definition) is 0. The fourth-order valence-corrected chi connectivity index (χ4v) is 7.50. The molecule has 0 aliphatic carbocycles. The van der Waals surface area contributed by atoms with Crippen LogP contribution in [0.2, 0.25) is 0 Å². The Kier molecular flexibility index (Phi) is 50.9. The number of allylic oxidation sites excluding steroid dienone is 10. The Morgan fingerprint density at radius 3 is 1.19 bits per heavy atom. The number of carbonyl (C=O) groups is 2. The summed E-state index contributed by atoms with van der Waals surface area (Å²) in [4.78, 5) is 25.4. The Morgan fingerprint density at radius 2 is 0.694 bits per heavy atom. The van der Waals surface area contributed by atoms with Gasteiger partial charge in [0.25, 0.3) is 0 Å². The van der Waals surface area contributed by atoms with Crippen LogP contribution < -0.4 is 0 Å². The molecule has 5 heteroatoms. The van der Waals surface area contributed by atoms with Crippen LogP contribution in [0.5, 0.6) is 0 Å². The lowest BCUT2D eigenvalue weighted by Gasteiger charge is -2.18. The standard InChI is InChI=1S/C57H102O5/c1-4-7-10-13-16-19-22-25-27-29-30-33-35-38-41-44-47-50-56(58)61-54-55(62-57(59)51-48-45-42-39-36-32-24-21-18-15-12-9-6-3)53-60-52-49-46-43-40-37-34-31-28-26-23-20-17-14-11-8-5-2/h16,19,21,24-25,27,30,33,38,41,55H,4-15,17-18,20,22-23,26,28-29,31-32,34-37,39-40,42-54H2,1-3H3/b19-16-,24-21-,27-25-,33-30-,41-38-/t55-/m1/s1. The molecule has 62 heavy (non-hydrogen) atoms. The zero-order chi connectivity index (χ0) is 44.9. The second-order valence-electron chi connectivity index (χ2n) is 17.8. The first kappa shape index (κ1) is 59.6. The molecule has 5 nitrogen and oxygen atoms in total. The number of unbranched alkanes of at least 4 members (excludes halogenated alkanes) is 28. The number of esters is 2. The molecule has 0 saturated heterocycles. The van der Waals surface area contributed by atoms with Gasteiger partial charge in [-0.05, 0) is 83.5 Å². The molecule has 0 rings (SSSR count). The van der Waals surface area contributed by atoms with Crippen molar-refractivity contribution in [1.82, 2.24) is 0 Å². The predicted octanol–water partition coefficient (Wildman–Crippen LogP) is 18.1. The molecule has 0 N–H and O–H groups in total. The highest BCUT2D eigenvalue weighted by atomic mass is 16.6. The first-order chi connectivity index (χ1) is 30.6. The van der Waals surface area contributed by atoms with Gasteiger partial charge in [0.2, 0.25) is 0 Å². The fraction of sp³-hybridized carbons (Fsp3) is 0.789. The minimum Gasteiger partial charge on any atom is -0.462 e. The summed E-state index contributed by atoms with van der Waals surface area (Å²) in [7, 11) is 0. The molecule has 1 atom stereocenters. The molecule has 0 spiro atoms. The van der Waals surface area contributed by atoms with E-state index in [4.69, 9.17) is 14.2 Å². The Hall–Kier alpha value is -2.40. The fourth-order valence-electron chi connectivity index (χ4n) is 7.50. The van der Waals surface area contributed by atoms with Crippen LogP contribution in [0, 0.1) is 0 Å². The summed E-state index contributed by atoms with van der Waals surface area (Å²) in [6.45, 7) is 7.75. The molecule has 0 heterocycles. The van der Waals surface area contributed by atoms with E-state index in [9.17, 15) is 9.59 Å². The summed E-state index contributed by atoms with van der Waals surface area (Å²) in [5.74, 6) is -0.463. The van der Waals surface area contributed by atoms with E-state index in [0.717, 1.165) is 70.6 Å². The third-order valence-electron chi connectivity index (χ3n) is 11.5. The van der Waals surface area contributed by atoms with Crippen LogP contribution in [-0.4, -0.2) is 37.9 Å². The topological polar surface area (TPSA) is 61.8 Å². The van der Waals surface area contributed by atoms with Crippen LogP contribution in [0.4, 0.5) is 0 Å². The molecule has 0 amide bonds. The van der Waals surface area contributed by atoms with Crippen molar-refractivity contribution in [2.24, 2.45) is 0 Å². The molecule has 0 radical (unpaired) electrons. The SMILES string of the molecule is CCCCC/C=C\C/C=C\C/C=C\C/C=C\CCCC(=O)OC[C@@H](COCCCCCCCCCCCCCCCCCC)OC(=O)CCCCCCC/C=C\CCCCCC.